The molecule has 0 aromatic carbocycles. The Labute approximate surface area is 92.4 Å². The fraction of sp³-hybridized carbons (Fsp3) is 0.667. The molecule has 0 heterocycles. The summed E-state index contributed by atoms with van der Waals surface area (Å²) in [6, 6.07) is 0. The molecule has 0 saturated carbocycles. The standard InChI is InChI=1S/C4H6O4S2.C2H6O2/c5-3(7-9)1-2-4(6)8-10;3-1-2-4/h9-10H,1-2H2;3-4H,1-2H2. The highest BCUT2D eigenvalue weighted by Crippen LogP contribution is 1.97. The normalized spacial score (nSPS) is 8.29. The van der Waals surface area contributed by atoms with Crippen molar-refractivity contribution >= 4 is 37.8 Å². The Morgan fingerprint density at radius 3 is 1.36 bits per heavy atom. The minimum Gasteiger partial charge on any atom is -0.395 e. The Hall–Kier alpha value is -0.440. The van der Waals surface area contributed by atoms with Crippen LogP contribution in [0.15, 0.2) is 0 Å². The van der Waals surface area contributed by atoms with Crippen LogP contribution in [0.25, 0.3) is 0 Å². The van der Waals surface area contributed by atoms with Crippen LogP contribution in [-0.2, 0) is 18.0 Å². The number of aliphatic hydroxyl groups excluding tert-OH is 2. The van der Waals surface area contributed by atoms with E-state index in [1.54, 1.807) is 0 Å². The van der Waals surface area contributed by atoms with Crippen LogP contribution in [0.4, 0.5) is 0 Å². The highest BCUT2D eigenvalue weighted by molar-refractivity contribution is 7.75. The first-order valence-electron chi connectivity index (χ1n) is 3.52. The summed E-state index contributed by atoms with van der Waals surface area (Å²) in [5.74, 6) is -1.14. The largest absolute Gasteiger partial charge is 0.395 e. The van der Waals surface area contributed by atoms with Crippen LogP contribution in [-0.4, -0.2) is 35.4 Å². The lowest BCUT2D eigenvalue weighted by Gasteiger charge is -1.94. The molecule has 2 N–H and O–H groups in total. The molecule has 0 aliphatic carbocycles. The molecule has 8 heteroatoms. The molecule has 0 fully saturated rings. The van der Waals surface area contributed by atoms with E-state index in [4.69, 9.17) is 10.2 Å². The minimum atomic E-state index is -0.568. The van der Waals surface area contributed by atoms with Crippen LogP contribution in [0, 0.1) is 0 Å². The number of hydrogen-bond acceptors (Lipinski definition) is 8. The summed E-state index contributed by atoms with van der Waals surface area (Å²) >= 11 is 6.45. The third-order valence-electron chi connectivity index (χ3n) is 0.837. The molecule has 0 spiro atoms. The fourth-order valence-electron chi connectivity index (χ4n) is 0.295. The second-order valence-electron chi connectivity index (χ2n) is 1.87. The summed E-state index contributed by atoms with van der Waals surface area (Å²) in [6.07, 6.45) is -0.0776. The Balaban J connectivity index is 0. The van der Waals surface area contributed by atoms with Crippen molar-refractivity contribution in [2.24, 2.45) is 0 Å². The first-order chi connectivity index (χ1) is 6.62. The summed E-state index contributed by atoms with van der Waals surface area (Å²) in [5, 5.41) is 15.2. The predicted molar refractivity (Wildman–Crippen MR) is 53.6 cm³/mol. The van der Waals surface area contributed by atoms with Gasteiger partial charge in [-0.2, -0.15) is 0 Å². The van der Waals surface area contributed by atoms with Crippen molar-refractivity contribution in [3.63, 3.8) is 0 Å². The van der Waals surface area contributed by atoms with Crippen molar-refractivity contribution in [3.05, 3.63) is 0 Å². The molecule has 0 amide bonds. The second kappa shape index (κ2) is 12.6. The number of aliphatic hydroxyl groups is 2. The van der Waals surface area contributed by atoms with Crippen LogP contribution < -0.4 is 0 Å². The SMILES string of the molecule is O=C(CCC(=O)OS)OS.OCCO. The van der Waals surface area contributed by atoms with E-state index >= 15 is 0 Å². The maximum absolute atomic E-state index is 10.3. The summed E-state index contributed by atoms with van der Waals surface area (Å²) < 4.78 is 7.94. The topological polar surface area (TPSA) is 93.1 Å². The highest BCUT2D eigenvalue weighted by Gasteiger charge is 2.06. The van der Waals surface area contributed by atoms with Crippen LogP contribution in [0.2, 0.25) is 0 Å². The van der Waals surface area contributed by atoms with E-state index in [-0.39, 0.29) is 26.1 Å². The highest BCUT2D eigenvalue weighted by atomic mass is 32.1. The summed E-state index contributed by atoms with van der Waals surface area (Å²) in [5.41, 5.74) is 0. The van der Waals surface area contributed by atoms with Crippen LogP contribution in [0.5, 0.6) is 0 Å². The van der Waals surface area contributed by atoms with Gasteiger partial charge in [0.15, 0.2) is 0 Å². The molecule has 0 aliphatic rings. The number of carbonyl (C=O) groups is 2. The molecule has 0 rings (SSSR count). The van der Waals surface area contributed by atoms with Gasteiger partial charge in [-0.1, -0.05) is 0 Å². The van der Waals surface area contributed by atoms with Gasteiger partial charge in [0.25, 0.3) is 0 Å². The van der Waals surface area contributed by atoms with Gasteiger partial charge in [0.2, 0.25) is 0 Å². The van der Waals surface area contributed by atoms with E-state index in [9.17, 15) is 9.59 Å². The summed E-state index contributed by atoms with van der Waals surface area (Å²) in [6.45, 7) is -0.250. The van der Waals surface area contributed by atoms with E-state index in [0.29, 0.717) is 0 Å². The van der Waals surface area contributed by atoms with Gasteiger partial charge in [0, 0.05) is 25.8 Å². The van der Waals surface area contributed by atoms with Crippen LogP contribution in [0.1, 0.15) is 12.8 Å². The Bertz CT molecular complexity index is 144. The van der Waals surface area contributed by atoms with E-state index in [1.807, 2.05) is 0 Å². The number of carbonyl (C=O) groups excluding carboxylic acids is 2. The molecule has 84 valence electrons. The van der Waals surface area contributed by atoms with Gasteiger partial charge in [-0.25, -0.2) is 0 Å². The fourth-order valence-corrected chi connectivity index (χ4v) is 0.478. The van der Waals surface area contributed by atoms with Gasteiger partial charge in [-0.3, -0.25) is 9.59 Å². The quantitative estimate of drug-likeness (QED) is 0.394. The van der Waals surface area contributed by atoms with Gasteiger partial charge < -0.3 is 18.6 Å². The van der Waals surface area contributed by atoms with Crippen molar-refractivity contribution in [2.75, 3.05) is 13.2 Å². The molecule has 0 radical (unpaired) electrons. The van der Waals surface area contributed by atoms with E-state index < -0.39 is 11.9 Å². The van der Waals surface area contributed by atoms with E-state index in [0.717, 1.165) is 0 Å². The van der Waals surface area contributed by atoms with Gasteiger partial charge in [-0.15, -0.1) is 0 Å². The zero-order valence-corrected chi connectivity index (χ0v) is 9.04. The molecular formula is C6H12O6S2. The molecule has 0 atom stereocenters. The molecule has 0 bridgehead atoms. The van der Waals surface area contributed by atoms with Crippen LogP contribution >= 0.6 is 25.8 Å². The molecule has 0 aliphatic heterocycles. The number of hydrogen-bond donors (Lipinski definition) is 4. The first-order valence-corrected chi connectivity index (χ1v) is 4.25. The Morgan fingerprint density at radius 2 is 1.21 bits per heavy atom. The van der Waals surface area contributed by atoms with Crippen molar-refractivity contribution in [1.29, 1.82) is 0 Å². The van der Waals surface area contributed by atoms with Gasteiger partial charge in [0.1, 0.15) is 0 Å². The smallest absolute Gasteiger partial charge is 0.318 e. The average molecular weight is 244 g/mol. The lowest BCUT2D eigenvalue weighted by molar-refractivity contribution is -0.139. The molecule has 0 aromatic rings. The first kappa shape index (κ1) is 16.0. The third kappa shape index (κ3) is 14.1. The molecule has 0 saturated heterocycles. The maximum atomic E-state index is 10.3. The number of thiol groups is 2. The molecule has 0 unspecified atom stereocenters. The van der Waals surface area contributed by atoms with Crippen molar-refractivity contribution in [3.8, 4) is 0 Å². The summed E-state index contributed by atoms with van der Waals surface area (Å²) in [7, 11) is 0. The average Bonchev–Trinajstić information content (AvgIpc) is 2.25. The lowest BCUT2D eigenvalue weighted by atomic mass is 10.3. The molecular weight excluding hydrogens is 232 g/mol. The maximum Gasteiger partial charge on any atom is 0.318 e. The van der Waals surface area contributed by atoms with Crippen molar-refractivity contribution in [1.82, 2.24) is 0 Å². The summed E-state index contributed by atoms with van der Waals surface area (Å²) in [4.78, 5) is 20.6. The molecule has 0 aromatic heterocycles. The second-order valence-corrected chi connectivity index (χ2v) is 2.24. The van der Waals surface area contributed by atoms with Gasteiger partial charge in [0.05, 0.1) is 26.1 Å². The lowest BCUT2D eigenvalue weighted by Crippen LogP contribution is -2.03. The monoisotopic (exact) mass is 244 g/mol. The van der Waals surface area contributed by atoms with Crippen molar-refractivity contribution < 1.29 is 28.2 Å². The van der Waals surface area contributed by atoms with E-state index in [2.05, 4.69) is 34.2 Å². The van der Waals surface area contributed by atoms with Gasteiger partial charge >= 0.3 is 11.9 Å². The van der Waals surface area contributed by atoms with Crippen molar-refractivity contribution in [2.45, 2.75) is 12.8 Å². The molecule has 6 nitrogen and oxygen atoms in total. The molecule has 14 heavy (non-hydrogen) atoms. The zero-order chi connectivity index (χ0) is 11.4. The third-order valence-corrected chi connectivity index (χ3v) is 1.24. The zero-order valence-electron chi connectivity index (χ0n) is 7.25. The minimum absolute atomic E-state index is 0.0388. The predicted octanol–water partition coefficient (Wildman–Crippen LogP) is -0.486. The van der Waals surface area contributed by atoms with Crippen LogP contribution in [0.3, 0.4) is 0 Å². The Morgan fingerprint density at radius 1 is 0.929 bits per heavy atom. The van der Waals surface area contributed by atoms with E-state index in [1.165, 1.54) is 0 Å². The number of rotatable bonds is 4. The Kier molecular flexibility index (Phi) is 14.4. The van der Waals surface area contributed by atoms with Gasteiger partial charge in [-0.05, 0) is 0 Å².